The molecule has 0 aliphatic heterocycles. The number of hydrogen-bond acceptors (Lipinski definition) is 3. The second-order valence-corrected chi connectivity index (χ2v) is 6.72. The topological polar surface area (TPSA) is 35.0 Å². The Morgan fingerprint density at radius 1 is 0.885 bits per heavy atom. The van der Waals surface area contributed by atoms with Gasteiger partial charge in [-0.1, -0.05) is 58.8 Å². The summed E-state index contributed by atoms with van der Waals surface area (Å²) in [5.41, 5.74) is 2.33. The number of ether oxygens (including phenoxy) is 1. The van der Waals surface area contributed by atoms with E-state index in [0.29, 0.717) is 18.1 Å². The molecule has 0 unspecified atom stereocenters. The number of unbranched alkanes of at least 4 members (excludes halogenated alkanes) is 7. The van der Waals surface area contributed by atoms with Crippen molar-refractivity contribution >= 4 is 0 Å². The van der Waals surface area contributed by atoms with Gasteiger partial charge >= 0.3 is 0 Å². The van der Waals surface area contributed by atoms with Gasteiger partial charge in [-0.15, -0.1) is 0 Å². The highest BCUT2D eigenvalue weighted by Crippen LogP contribution is 2.24. The van der Waals surface area contributed by atoms with Crippen LogP contribution in [0.3, 0.4) is 0 Å². The minimum Gasteiger partial charge on any atom is -0.491 e. The number of rotatable bonds is 12. The Balaban J connectivity index is 1.73. The third-order valence-electron chi connectivity index (χ3n) is 4.55. The number of aryl methyl sites for hydroxylation is 1. The van der Waals surface area contributed by atoms with Gasteiger partial charge in [-0.2, -0.15) is 0 Å². The van der Waals surface area contributed by atoms with Gasteiger partial charge in [0, 0.05) is 11.8 Å². The molecule has 0 aliphatic carbocycles. The van der Waals surface area contributed by atoms with Gasteiger partial charge in [0.2, 0.25) is 0 Å². The number of halogens is 1. The summed E-state index contributed by atoms with van der Waals surface area (Å²) >= 11 is 0. The Bertz CT molecular complexity index is 643. The van der Waals surface area contributed by atoms with Gasteiger partial charge in [0.1, 0.15) is 0 Å². The van der Waals surface area contributed by atoms with Crippen molar-refractivity contribution < 1.29 is 9.13 Å². The highest BCUT2D eigenvalue weighted by atomic mass is 19.1. The van der Waals surface area contributed by atoms with Crippen LogP contribution < -0.4 is 4.74 Å². The molecule has 3 nitrogen and oxygen atoms in total. The highest BCUT2D eigenvalue weighted by Gasteiger charge is 2.07. The van der Waals surface area contributed by atoms with Crippen LogP contribution in [0.5, 0.6) is 5.75 Å². The third-order valence-corrected chi connectivity index (χ3v) is 4.55. The van der Waals surface area contributed by atoms with Crippen LogP contribution in [-0.2, 0) is 6.42 Å². The zero-order valence-corrected chi connectivity index (χ0v) is 16.1. The van der Waals surface area contributed by atoms with Crippen molar-refractivity contribution in [2.75, 3.05) is 6.61 Å². The van der Waals surface area contributed by atoms with Crippen molar-refractivity contribution in [1.82, 2.24) is 9.97 Å². The number of benzene rings is 1. The van der Waals surface area contributed by atoms with Crippen LogP contribution >= 0.6 is 0 Å². The first kappa shape index (κ1) is 20.3. The molecule has 0 aliphatic rings. The molecule has 0 saturated heterocycles. The molecule has 0 atom stereocenters. The van der Waals surface area contributed by atoms with Crippen LogP contribution in [-0.4, -0.2) is 16.6 Å². The summed E-state index contributed by atoms with van der Waals surface area (Å²) in [5.74, 6) is -0.0294. The molecule has 0 spiro atoms. The predicted molar refractivity (Wildman–Crippen MR) is 105 cm³/mol. The van der Waals surface area contributed by atoms with E-state index in [-0.39, 0.29) is 5.82 Å². The van der Waals surface area contributed by atoms with E-state index in [9.17, 15) is 4.39 Å². The summed E-state index contributed by atoms with van der Waals surface area (Å²) in [4.78, 5) is 8.65. The first-order valence-electron chi connectivity index (χ1n) is 9.98. The quantitative estimate of drug-likeness (QED) is 0.414. The largest absolute Gasteiger partial charge is 0.491 e. The van der Waals surface area contributed by atoms with Gasteiger partial charge in [0.25, 0.3) is 0 Å². The maximum absolute atomic E-state index is 14.3. The molecule has 1 aromatic heterocycles. The molecule has 0 N–H and O–H groups in total. The smallest absolute Gasteiger partial charge is 0.165 e. The second-order valence-electron chi connectivity index (χ2n) is 6.72. The Labute approximate surface area is 157 Å². The normalized spacial score (nSPS) is 10.9. The Morgan fingerprint density at radius 3 is 2.23 bits per heavy atom. The Kier molecular flexibility index (Phi) is 9.08. The van der Waals surface area contributed by atoms with Gasteiger partial charge in [-0.05, 0) is 31.0 Å². The van der Waals surface area contributed by atoms with Gasteiger partial charge < -0.3 is 4.74 Å². The van der Waals surface area contributed by atoms with Crippen molar-refractivity contribution in [2.45, 2.75) is 71.6 Å². The molecule has 2 aromatic rings. The van der Waals surface area contributed by atoms with E-state index in [0.717, 1.165) is 30.5 Å². The summed E-state index contributed by atoms with van der Waals surface area (Å²) in [6, 6.07) is 4.99. The van der Waals surface area contributed by atoms with Gasteiger partial charge in [-0.25, -0.2) is 4.39 Å². The molecular weight excluding hydrogens is 327 g/mol. The van der Waals surface area contributed by atoms with Crippen molar-refractivity contribution in [2.24, 2.45) is 0 Å². The van der Waals surface area contributed by atoms with E-state index in [1.807, 2.05) is 13.0 Å². The first-order valence-corrected chi connectivity index (χ1v) is 9.98. The van der Waals surface area contributed by atoms with Crippen molar-refractivity contribution in [1.29, 1.82) is 0 Å². The second kappa shape index (κ2) is 11.6. The molecule has 4 heteroatoms. The summed E-state index contributed by atoms with van der Waals surface area (Å²) in [5, 5.41) is 0. The van der Waals surface area contributed by atoms with Crippen LogP contribution in [0.2, 0.25) is 0 Å². The lowest BCUT2D eigenvalue weighted by molar-refractivity contribution is 0.290. The molecule has 1 heterocycles. The van der Waals surface area contributed by atoms with Crippen LogP contribution in [0, 0.1) is 5.82 Å². The van der Waals surface area contributed by atoms with E-state index < -0.39 is 0 Å². The Morgan fingerprint density at radius 2 is 1.62 bits per heavy atom. The van der Waals surface area contributed by atoms with E-state index in [1.54, 1.807) is 18.5 Å². The fourth-order valence-electron chi connectivity index (χ4n) is 2.88. The van der Waals surface area contributed by atoms with Gasteiger partial charge in [-0.3, -0.25) is 9.97 Å². The lowest BCUT2D eigenvalue weighted by atomic mass is 10.1. The maximum Gasteiger partial charge on any atom is 0.165 e. The third kappa shape index (κ3) is 6.74. The van der Waals surface area contributed by atoms with E-state index in [4.69, 9.17) is 4.74 Å². The number of hydrogen-bond donors (Lipinski definition) is 0. The van der Waals surface area contributed by atoms with Crippen molar-refractivity contribution in [3.8, 4) is 17.0 Å². The minimum absolute atomic E-state index is 0.315. The molecular formula is C22H31FN2O. The van der Waals surface area contributed by atoms with Gasteiger partial charge in [0.05, 0.1) is 24.2 Å². The van der Waals surface area contributed by atoms with Crippen LogP contribution in [0.15, 0.2) is 30.6 Å². The summed E-state index contributed by atoms with van der Waals surface area (Å²) in [6.07, 6.45) is 14.2. The van der Waals surface area contributed by atoms with E-state index in [1.165, 1.54) is 44.6 Å². The fraction of sp³-hybridized carbons (Fsp3) is 0.545. The molecule has 0 saturated carbocycles. The van der Waals surface area contributed by atoms with Gasteiger partial charge in [0.15, 0.2) is 11.6 Å². The SMILES string of the molecule is CCCCCCCCCCOc1ccc(-c2cnc(CC)cn2)cc1F. The molecule has 0 amide bonds. The highest BCUT2D eigenvalue weighted by molar-refractivity contribution is 5.59. The number of aromatic nitrogens is 2. The molecule has 0 radical (unpaired) electrons. The molecule has 142 valence electrons. The average Bonchev–Trinajstić information content (AvgIpc) is 2.68. The molecule has 1 aromatic carbocycles. The average molecular weight is 359 g/mol. The van der Waals surface area contributed by atoms with Crippen LogP contribution in [0.1, 0.15) is 70.9 Å². The fourth-order valence-corrected chi connectivity index (χ4v) is 2.88. The summed E-state index contributed by atoms with van der Waals surface area (Å²) < 4.78 is 19.9. The summed E-state index contributed by atoms with van der Waals surface area (Å²) in [7, 11) is 0. The van der Waals surface area contributed by atoms with E-state index in [2.05, 4.69) is 16.9 Å². The zero-order valence-electron chi connectivity index (χ0n) is 16.1. The van der Waals surface area contributed by atoms with E-state index >= 15 is 0 Å². The lowest BCUT2D eigenvalue weighted by Crippen LogP contribution is -2.00. The standard InChI is InChI=1S/C22H31FN2O/c1-3-5-6-7-8-9-10-11-14-26-22-13-12-18(15-20(22)23)21-17-24-19(4-2)16-25-21/h12-13,15-17H,3-11,14H2,1-2H3. The first-order chi connectivity index (χ1) is 12.7. The molecule has 26 heavy (non-hydrogen) atoms. The zero-order chi connectivity index (χ0) is 18.6. The van der Waals surface area contributed by atoms with Crippen molar-refractivity contribution in [3.63, 3.8) is 0 Å². The van der Waals surface area contributed by atoms with Crippen LogP contribution in [0.25, 0.3) is 11.3 Å². The van der Waals surface area contributed by atoms with Crippen molar-refractivity contribution in [3.05, 3.63) is 42.1 Å². The molecule has 0 fully saturated rings. The summed E-state index contributed by atoms with van der Waals surface area (Å²) in [6.45, 7) is 4.83. The maximum atomic E-state index is 14.3. The predicted octanol–water partition coefficient (Wildman–Crippen LogP) is 6.36. The Hall–Kier alpha value is -1.97. The monoisotopic (exact) mass is 358 g/mol. The lowest BCUT2D eigenvalue weighted by Gasteiger charge is -2.09. The molecule has 0 bridgehead atoms. The van der Waals surface area contributed by atoms with Crippen LogP contribution in [0.4, 0.5) is 4.39 Å². The number of nitrogens with zero attached hydrogens (tertiary/aromatic N) is 2. The minimum atomic E-state index is -0.344. The molecule has 2 rings (SSSR count).